The van der Waals surface area contributed by atoms with Gasteiger partial charge in [0.1, 0.15) is 5.75 Å². The van der Waals surface area contributed by atoms with E-state index in [9.17, 15) is 14.7 Å². The lowest BCUT2D eigenvalue weighted by atomic mass is 10.1. The van der Waals surface area contributed by atoms with Crippen LogP contribution in [-0.4, -0.2) is 33.0 Å². The number of fused-ring (bicyclic) bond motifs is 2. The molecule has 130 valence electrons. The van der Waals surface area contributed by atoms with Crippen molar-refractivity contribution in [3.63, 3.8) is 0 Å². The largest absolute Gasteiger partial charge is 0.497 e. The summed E-state index contributed by atoms with van der Waals surface area (Å²) in [6, 6.07) is 12.4. The number of carboxylic acids is 1. The van der Waals surface area contributed by atoms with Crippen molar-refractivity contribution in [2.75, 3.05) is 7.11 Å². The third-order valence-corrected chi connectivity index (χ3v) is 4.98. The lowest BCUT2D eigenvalue weighted by Crippen LogP contribution is -2.24. The summed E-state index contributed by atoms with van der Waals surface area (Å²) < 4.78 is 7.28. The smallest absolute Gasteiger partial charge is 0.309 e. The fraction of sp³-hybridized carbons (Fsp3) is 0.111. The van der Waals surface area contributed by atoms with Crippen LogP contribution in [0.3, 0.4) is 0 Å². The van der Waals surface area contributed by atoms with Crippen LogP contribution in [0.25, 0.3) is 26.1 Å². The molecule has 0 amide bonds. The number of carboxylic acid groups (broad SMARTS) is 1. The highest BCUT2D eigenvalue weighted by atomic mass is 32.1. The molecule has 2 heterocycles. The molecule has 26 heavy (non-hydrogen) atoms. The van der Waals surface area contributed by atoms with Crippen molar-refractivity contribution in [2.24, 2.45) is 0 Å². The first kappa shape index (κ1) is 16.2. The number of benzene rings is 2. The maximum atomic E-state index is 13.0. The predicted molar refractivity (Wildman–Crippen MR) is 98.4 cm³/mol. The van der Waals surface area contributed by atoms with Gasteiger partial charge in [0.15, 0.2) is 0 Å². The van der Waals surface area contributed by atoms with Gasteiger partial charge in [0.2, 0.25) is 5.13 Å². The molecule has 4 aromatic rings. The van der Waals surface area contributed by atoms with Gasteiger partial charge in [-0.3, -0.25) is 9.59 Å². The van der Waals surface area contributed by atoms with Crippen LogP contribution in [0.15, 0.2) is 47.3 Å². The Bertz CT molecular complexity index is 1180. The van der Waals surface area contributed by atoms with Crippen LogP contribution < -0.4 is 10.3 Å². The number of para-hydroxylation sites is 1. The monoisotopic (exact) mass is 367 g/mol. The van der Waals surface area contributed by atoms with E-state index >= 15 is 0 Å². The Morgan fingerprint density at radius 3 is 2.77 bits per heavy atom. The van der Waals surface area contributed by atoms with Crippen LogP contribution in [0.5, 0.6) is 5.75 Å². The zero-order valence-corrected chi connectivity index (χ0v) is 14.5. The summed E-state index contributed by atoms with van der Waals surface area (Å²) in [5.41, 5.74) is 0.688. The third kappa shape index (κ3) is 2.70. The summed E-state index contributed by atoms with van der Waals surface area (Å²) in [6.07, 6.45) is -0.298. The molecule has 8 heteroatoms. The fourth-order valence-corrected chi connectivity index (χ4v) is 3.68. The quantitative estimate of drug-likeness (QED) is 0.596. The zero-order valence-electron chi connectivity index (χ0n) is 13.7. The zero-order chi connectivity index (χ0) is 18.3. The molecule has 0 aliphatic heterocycles. The second-order valence-electron chi connectivity index (χ2n) is 5.61. The van der Waals surface area contributed by atoms with Gasteiger partial charge in [-0.15, -0.1) is 0 Å². The van der Waals surface area contributed by atoms with Gasteiger partial charge in [0.25, 0.3) is 5.56 Å². The number of aromatic nitrogens is 3. The van der Waals surface area contributed by atoms with Gasteiger partial charge < -0.3 is 9.84 Å². The van der Waals surface area contributed by atoms with E-state index in [1.165, 1.54) is 23.1 Å². The molecule has 0 saturated carbocycles. The first-order valence-corrected chi connectivity index (χ1v) is 8.56. The lowest BCUT2D eigenvalue weighted by molar-refractivity contribution is -0.136. The molecule has 0 aliphatic carbocycles. The molecule has 0 fully saturated rings. The SMILES string of the molecule is COc1ccc2c(CC(=O)O)nn(-c3nc4ccccc4s3)c(=O)c2c1. The Kier molecular flexibility index (Phi) is 3.89. The van der Waals surface area contributed by atoms with Gasteiger partial charge in [0.05, 0.1) is 34.8 Å². The molecular weight excluding hydrogens is 354 g/mol. The van der Waals surface area contributed by atoms with Gasteiger partial charge in [-0.1, -0.05) is 23.5 Å². The van der Waals surface area contributed by atoms with Crippen LogP contribution in [0, 0.1) is 0 Å². The average Bonchev–Trinajstić information content (AvgIpc) is 3.07. The molecule has 2 aromatic carbocycles. The van der Waals surface area contributed by atoms with Crippen LogP contribution in [0.4, 0.5) is 0 Å². The minimum absolute atomic E-state index is 0.298. The lowest BCUT2D eigenvalue weighted by Gasteiger charge is -2.09. The van der Waals surface area contributed by atoms with Crippen LogP contribution >= 0.6 is 11.3 Å². The van der Waals surface area contributed by atoms with Crippen molar-refractivity contribution in [1.82, 2.24) is 14.8 Å². The first-order chi connectivity index (χ1) is 12.6. The molecule has 0 atom stereocenters. The number of nitrogens with zero attached hydrogens (tertiary/aromatic N) is 3. The number of thiazole rings is 1. The second-order valence-corrected chi connectivity index (χ2v) is 6.62. The molecular formula is C18H13N3O4S. The molecule has 2 aromatic heterocycles. The Labute approximate surface area is 151 Å². The van der Waals surface area contributed by atoms with Crippen molar-refractivity contribution in [2.45, 2.75) is 6.42 Å². The van der Waals surface area contributed by atoms with E-state index in [4.69, 9.17) is 4.74 Å². The van der Waals surface area contributed by atoms with Crippen LogP contribution in [0.1, 0.15) is 5.69 Å². The average molecular weight is 367 g/mol. The Morgan fingerprint density at radius 1 is 1.23 bits per heavy atom. The second kappa shape index (κ2) is 6.23. The van der Waals surface area contributed by atoms with E-state index in [-0.39, 0.29) is 12.0 Å². The maximum absolute atomic E-state index is 13.0. The molecule has 0 aliphatic rings. The van der Waals surface area contributed by atoms with E-state index in [2.05, 4.69) is 10.1 Å². The molecule has 0 bridgehead atoms. The highest BCUT2D eigenvalue weighted by Gasteiger charge is 2.17. The highest BCUT2D eigenvalue weighted by Crippen LogP contribution is 2.25. The molecule has 0 radical (unpaired) electrons. The van der Waals surface area contributed by atoms with Crippen LogP contribution in [0.2, 0.25) is 0 Å². The number of hydrogen-bond donors (Lipinski definition) is 1. The van der Waals surface area contributed by atoms with Crippen molar-refractivity contribution >= 4 is 38.3 Å². The summed E-state index contributed by atoms with van der Waals surface area (Å²) in [7, 11) is 1.51. The molecule has 0 spiro atoms. The molecule has 1 N–H and O–H groups in total. The van der Waals surface area contributed by atoms with Crippen molar-refractivity contribution in [1.29, 1.82) is 0 Å². The van der Waals surface area contributed by atoms with E-state index in [0.29, 0.717) is 27.3 Å². The maximum Gasteiger partial charge on any atom is 0.309 e. The Morgan fingerprint density at radius 2 is 2.04 bits per heavy atom. The van der Waals surface area contributed by atoms with Crippen LogP contribution in [-0.2, 0) is 11.2 Å². The standard InChI is InChI=1S/C18H13N3O4S/c1-25-10-6-7-11-12(8-10)17(24)21(20-14(11)9-16(22)23)18-19-13-4-2-3-5-15(13)26-18/h2-8H,9H2,1H3,(H,22,23). The Balaban J connectivity index is 2.03. The van der Waals surface area contributed by atoms with Gasteiger partial charge >= 0.3 is 5.97 Å². The van der Waals surface area contributed by atoms with E-state index in [1.807, 2.05) is 24.3 Å². The number of methoxy groups -OCH3 is 1. The van der Waals surface area contributed by atoms with Crippen molar-refractivity contribution in [3.05, 3.63) is 58.5 Å². The number of ether oxygens (including phenoxy) is 1. The summed E-state index contributed by atoms with van der Waals surface area (Å²) in [6.45, 7) is 0. The van der Waals surface area contributed by atoms with Gasteiger partial charge in [-0.05, 0) is 30.3 Å². The summed E-state index contributed by atoms with van der Waals surface area (Å²) >= 11 is 1.32. The normalized spacial score (nSPS) is 11.1. The predicted octanol–water partition coefficient (Wildman–Crippen LogP) is 2.63. The third-order valence-electron chi connectivity index (χ3n) is 3.96. The van der Waals surface area contributed by atoms with Crippen molar-refractivity contribution < 1.29 is 14.6 Å². The van der Waals surface area contributed by atoms with E-state index in [0.717, 1.165) is 10.2 Å². The molecule has 4 rings (SSSR count). The van der Waals surface area contributed by atoms with Crippen molar-refractivity contribution in [3.8, 4) is 10.9 Å². The number of aliphatic carboxylic acids is 1. The number of hydrogen-bond acceptors (Lipinski definition) is 6. The topological polar surface area (TPSA) is 94.3 Å². The molecule has 7 nitrogen and oxygen atoms in total. The number of carbonyl (C=O) groups is 1. The fourth-order valence-electron chi connectivity index (χ4n) is 2.77. The minimum atomic E-state index is -1.02. The highest BCUT2D eigenvalue weighted by molar-refractivity contribution is 7.20. The van der Waals surface area contributed by atoms with Gasteiger partial charge in [-0.2, -0.15) is 9.78 Å². The van der Waals surface area contributed by atoms with Gasteiger partial charge in [0, 0.05) is 5.39 Å². The summed E-state index contributed by atoms with van der Waals surface area (Å²) in [5.74, 6) is -0.512. The minimum Gasteiger partial charge on any atom is -0.497 e. The van der Waals surface area contributed by atoms with Gasteiger partial charge in [-0.25, -0.2) is 4.98 Å². The number of rotatable bonds is 4. The van der Waals surface area contributed by atoms with E-state index < -0.39 is 5.97 Å². The summed E-state index contributed by atoms with van der Waals surface area (Å²) in [4.78, 5) is 28.7. The van der Waals surface area contributed by atoms with E-state index in [1.54, 1.807) is 18.2 Å². The molecule has 0 unspecified atom stereocenters. The summed E-state index contributed by atoms with van der Waals surface area (Å²) in [5, 5.41) is 14.7. The molecule has 0 saturated heterocycles. The first-order valence-electron chi connectivity index (χ1n) is 7.74. The Hall–Kier alpha value is -3.26.